The van der Waals surface area contributed by atoms with Gasteiger partial charge in [0.05, 0.1) is 12.5 Å². The number of aliphatic hydroxyl groups excluding tert-OH is 1. The maximum Gasteiger partial charge on any atom is 0.411 e. The number of hydrogen-bond donors (Lipinski definition) is 2. The van der Waals surface area contributed by atoms with Crippen LogP contribution in [-0.4, -0.2) is 55.3 Å². The number of carbonyl (C=O) groups is 1. The van der Waals surface area contributed by atoms with E-state index < -0.39 is 18.7 Å². The SMILES string of the molecule is Cn1cncc1-c1nc(C(=O)NC2CCCCC2)cc(C2CCC(F)(F)CC2)n1.OCC(F)(F)F. The normalized spacial score (nSPS) is 19.1. The number of hydrogen-bond acceptors (Lipinski definition) is 5. The van der Waals surface area contributed by atoms with Crippen molar-refractivity contribution in [1.29, 1.82) is 0 Å². The van der Waals surface area contributed by atoms with Crippen molar-refractivity contribution in [3.63, 3.8) is 0 Å². The van der Waals surface area contributed by atoms with Crippen LogP contribution in [0.25, 0.3) is 11.5 Å². The van der Waals surface area contributed by atoms with E-state index in [0.717, 1.165) is 25.7 Å². The van der Waals surface area contributed by atoms with Crippen LogP contribution in [-0.2, 0) is 7.05 Å². The molecule has 0 aliphatic heterocycles. The van der Waals surface area contributed by atoms with E-state index in [-0.39, 0.29) is 30.7 Å². The van der Waals surface area contributed by atoms with E-state index in [1.807, 2.05) is 7.05 Å². The third-order valence-corrected chi connectivity index (χ3v) is 6.28. The number of nitrogens with zero attached hydrogens (tertiary/aromatic N) is 4. The highest BCUT2D eigenvalue weighted by molar-refractivity contribution is 5.93. The van der Waals surface area contributed by atoms with Crippen molar-refractivity contribution in [1.82, 2.24) is 24.8 Å². The first kappa shape index (κ1) is 27.0. The molecule has 0 aromatic carbocycles. The zero-order valence-corrected chi connectivity index (χ0v) is 19.5. The second-order valence-corrected chi connectivity index (χ2v) is 9.10. The molecule has 2 saturated carbocycles. The van der Waals surface area contributed by atoms with Crippen molar-refractivity contribution in [2.24, 2.45) is 7.05 Å². The van der Waals surface area contributed by atoms with Crippen LogP contribution in [0.3, 0.4) is 0 Å². The molecule has 7 nitrogen and oxygen atoms in total. The standard InChI is InChI=1S/C21H27F2N5O.C2H3F3O/c1-28-13-24-12-18(28)19-26-16(14-7-9-21(22,23)10-8-14)11-17(27-19)20(29)25-15-5-3-2-4-6-15;3-2(4,5)1-6/h11-15H,2-10H2,1H3,(H,25,29);6H,1H2. The van der Waals surface area contributed by atoms with E-state index in [0.29, 0.717) is 35.7 Å². The van der Waals surface area contributed by atoms with Gasteiger partial charge < -0.3 is 15.0 Å². The van der Waals surface area contributed by atoms with Crippen LogP contribution >= 0.6 is 0 Å². The Hall–Kier alpha value is -2.63. The molecular weight excluding hydrogens is 473 g/mol. The molecule has 194 valence electrons. The Bertz CT molecular complexity index is 979. The monoisotopic (exact) mass is 503 g/mol. The van der Waals surface area contributed by atoms with Gasteiger partial charge >= 0.3 is 6.18 Å². The van der Waals surface area contributed by atoms with Gasteiger partial charge in [0.15, 0.2) is 5.82 Å². The van der Waals surface area contributed by atoms with E-state index in [4.69, 9.17) is 5.11 Å². The predicted octanol–water partition coefficient (Wildman–Crippen LogP) is 4.77. The van der Waals surface area contributed by atoms with Crippen LogP contribution in [0.1, 0.15) is 79.9 Å². The summed E-state index contributed by atoms with van der Waals surface area (Å²) in [5, 5.41) is 10.4. The molecule has 2 N–H and O–H groups in total. The fourth-order valence-corrected chi connectivity index (χ4v) is 4.32. The molecule has 1 amide bonds. The van der Waals surface area contributed by atoms with Gasteiger partial charge in [-0.05, 0) is 31.7 Å². The summed E-state index contributed by atoms with van der Waals surface area (Å²) in [5.41, 5.74) is 1.66. The average molecular weight is 504 g/mol. The van der Waals surface area contributed by atoms with Gasteiger partial charge in [0.2, 0.25) is 5.92 Å². The van der Waals surface area contributed by atoms with Crippen molar-refractivity contribution in [2.45, 2.75) is 81.8 Å². The fraction of sp³-hybridized carbons (Fsp3) is 0.652. The molecule has 0 saturated heterocycles. The van der Waals surface area contributed by atoms with Crippen LogP contribution in [0.2, 0.25) is 0 Å². The number of alkyl halides is 5. The first-order chi connectivity index (χ1) is 16.5. The molecular formula is C23H30F5N5O2. The lowest BCUT2D eigenvalue weighted by Gasteiger charge is -2.28. The highest BCUT2D eigenvalue weighted by Gasteiger charge is 2.36. The third kappa shape index (κ3) is 7.94. The molecule has 2 aromatic heterocycles. The molecule has 2 aromatic rings. The lowest BCUT2D eigenvalue weighted by molar-refractivity contribution is -0.159. The van der Waals surface area contributed by atoms with Crippen molar-refractivity contribution < 1.29 is 31.9 Å². The van der Waals surface area contributed by atoms with Crippen LogP contribution < -0.4 is 5.32 Å². The second-order valence-electron chi connectivity index (χ2n) is 9.10. The molecule has 4 rings (SSSR count). The van der Waals surface area contributed by atoms with E-state index in [2.05, 4.69) is 20.3 Å². The molecule has 35 heavy (non-hydrogen) atoms. The topological polar surface area (TPSA) is 92.9 Å². The van der Waals surface area contributed by atoms with Crippen molar-refractivity contribution in [2.75, 3.05) is 6.61 Å². The minimum absolute atomic E-state index is 0.0918. The lowest BCUT2D eigenvalue weighted by Crippen LogP contribution is -2.36. The van der Waals surface area contributed by atoms with E-state index in [1.165, 1.54) is 6.42 Å². The maximum atomic E-state index is 13.6. The van der Waals surface area contributed by atoms with Gasteiger partial charge in [-0.3, -0.25) is 4.79 Å². The van der Waals surface area contributed by atoms with Crippen LogP contribution in [0, 0.1) is 0 Å². The van der Waals surface area contributed by atoms with Crippen molar-refractivity contribution in [3.8, 4) is 11.5 Å². The van der Waals surface area contributed by atoms with E-state index >= 15 is 0 Å². The summed E-state index contributed by atoms with van der Waals surface area (Å²) in [6.45, 7) is -1.73. The molecule has 2 heterocycles. The molecule has 2 aliphatic rings. The third-order valence-electron chi connectivity index (χ3n) is 6.28. The molecule has 2 fully saturated rings. The first-order valence-corrected chi connectivity index (χ1v) is 11.7. The Labute approximate surface area is 200 Å². The number of halogens is 5. The Kier molecular flexibility index (Phi) is 8.79. The molecule has 0 bridgehead atoms. The van der Waals surface area contributed by atoms with Crippen molar-refractivity contribution in [3.05, 3.63) is 30.0 Å². The van der Waals surface area contributed by atoms with E-state index in [1.54, 1.807) is 23.2 Å². The Morgan fingerprint density at radius 1 is 1.14 bits per heavy atom. The molecule has 0 spiro atoms. The number of aliphatic hydroxyl groups is 1. The Balaban J connectivity index is 0.000000509. The second kappa shape index (κ2) is 11.4. The molecule has 2 aliphatic carbocycles. The molecule has 0 atom stereocenters. The molecule has 0 radical (unpaired) electrons. The maximum absolute atomic E-state index is 13.6. The Morgan fingerprint density at radius 3 is 2.31 bits per heavy atom. The predicted molar refractivity (Wildman–Crippen MR) is 118 cm³/mol. The highest BCUT2D eigenvalue weighted by Crippen LogP contribution is 2.40. The number of amides is 1. The summed E-state index contributed by atoms with van der Waals surface area (Å²) in [5.74, 6) is -2.50. The largest absolute Gasteiger partial charge is 0.411 e. The minimum Gasteiger partial charge on any atom is -0.387 e. The fourth-order valence-electron chi connectivity index (χ4n) is 4.32. The number of aromatic nitrogens is 4. The van der Waals surface area contributed by atoms with Crippen LogP contribution in [0.15, 0.2) is 18.6 Å². The van der Waals surface area contributed by atoms with Crippen LogP contribution in [0.5, 0.6) is 0 Å². The van der Waals surface area contributed by atoms with Crippen molar-refractivity contribution >= 4 is 5.91 Å². The summed E-state index contributed by atoms with van der Waals surface area (Å²) >= 11 is 0. The van der Waals surface area contributed by atoms with Gasteiger partial charge in [-0.1, -0.05) is 19.3 Å². The van der Waals surface area contributed by atoms with Gasteiger partial charge in [-0.15, -0.1) is 0 Å². The number of rotatable bonds is 4. The summed E-state index contributed by atoms with van der Waals surface area (Å²) in [6.07, 6.45) is 4.74. The summed E-state index contributed by atoms with van der Waals surface area (Å²) in [7, 11) is 1.83. The van der Waals surface area contributed by atoms with Gasteiger partial charge in [0, 0.05) is 37.5 Å². The quantitative estimate of drug-likeness (QED) is 0.587. The zero-order valence-electron chi connectivity index (χ0n) is 19.5. The van der Waals surface area contributed by atoms with Gasteiger partial charge in [0.25, 0.3) is 5.91 Å². The number of carbonyl (C=O) groups excluding carboxylic acids is 1. The highest BCUT2D eigenvalue weighted by atomic mass is 19.4. The van der Waals surface area contributed by atoms with Gasteiger partial charge in [-0.25, -0.2) is 23.7 Å². The van der Waals surface area contributed by atoms with E-state index in [9.17, 15) is 26.7 Å². The van der Waals surface area contributed by atoms with Crippen LogP contribution in [0.4, 0.5) is 22.0 Å². The summed E-state index contributed by atoms with van der Waals surface area (Å²) < 4.78 is 60.6. The minimum atomic E-state index is -4.40. The smallest absolute Gasteiger partial charge is 0.387 e. The molecule has 0 unspecified atom stereocenters. The number of nitrogens with one attached hydrogen (secondary N) is 1. The Morgan fingerprint density at radius 2 is 1.77 bits per heavy atom. The average Bonchev–Trinajstić information content (AvgIpc) is 3.25. The van der Waals surface area contributed by atoms with Gasteiger partial charge in [0.1, 0.15) is 18.0 Å². The molecule has 12 heteroatoms. The lowest BCUT2D eigenvalue weighted by atomic mass is 9.84. The summed E-state index contributed by atoms with van der Waals surface area (Å²) in [6, 6.07) is 1.86. The van der Waals surface area contributed by atoms with Gasteiger partial charge in [-0.2, -0.15) is 13.2 Å². The number of imidazole rings is 1. The summed E-state index contributed by atoms with van der Waals surface area (Å²) in [4.78, 5) is 26.2. The first-order valence-electron chi connectivity index (χ1n) is 11.7. The number of aryl methyl sites for hydroxylation is 1. The zero-order chi connectivity index (χ0) is 25.6.